The van der Waals surface area contributed by atoms with Crippen molar-refractivity contribution < 1.29 is 28.3 Å². The average molecular weight is 888 g/mol. The van der Waals surface area contributed by atoms with Crippen molar-refractivity contribution in [1.29, 1.82) is 0 Å². The Morgan fingerprint density at radius 3 is 1.56 bits per heavy atom. The number of carbonyl (C=O) groups is 4. The Bertz CT molecular complexity index is 2730. The van der Waals surface area contributed by atoms with Crippen molar-refractivity contribution in [2.24, 2.45) is 0 Å². The van der Waals surface area contributed by atoms with Crippen LogP contribution in [0.5, 0.6) is 0 Å². The van der Waals surface area contributed by atoms with Gasteiger partial charge in [-0.1, -0.05) is 96.8 Å². The Morgan fingerprint density at radius 2 is 1.12 bits per heavy atom. The van der Waals surface area contributed by atoms with E-state index in [-0.39, 0.29) is 30.4 Å². The number of likely N-dealkylation sites (tertiary alicyclic amines) is 3. The molecule has 5 atom stereocenters. The third kappa shape index (κ3) is 9.53. The molecule has 5 heterocycles. The quantitative estimate of drug-likeness (QED) is 0.102. The van der Waals surface area contributed by atoms with Crippen molar-refractivity contribution >= 4 is 23.9 Å². The number of alkyl halides is 1. The zero-order valence-electron chi connectivity index (χ0n) is 36.5. The van der Waals surface area contributed by atoms with E-state index in [2.05, 4.69) is 37.4 Å². The predicted molar refractivity (Wildman–Crippen MR) is 245 cm³/mol. The minimum Gasteiger partial charge on any atom is -0.453 e. The summed E-state index contributed by atoms with van der Waals surface area (Å²) in [5.74, 6) is 7.41. The highest BCUT2D eigenvalue weighted by Gasteiger charge is 2.39. The molecule has 2 aromatic heterocycles. The normalized spacial score (nSPS) is 18.9. The molecular formula is C51H50FN9O5. The summed E-state index contributed by atoms with van der Waals surface area (Å²) in [6, 6.07) is 31.2. The molecule has 14 nitrogen and oxygen atoms in total. The van der Waals surface area contributed by atoms with E-state index in [1.807, 2.05) is 109 Å². The van der Waals surface area contributed by atoms with Gasteiger partial charge in [0.05, 0.1) is 49.5 Å². The summed E-state index contributed by atoms with van der Waals surface area (Å²) < 4.78 is 18.8. The molecular weight excluding hydrogens is 838 g/mol. The van der Waals surface area contributed by atoms with E-state index in [0.717, 1.165) is 59.3 Å². The molecule has 6 aromatic rings. The summed E-state index contributed by atoms with van der Waals surface area (Å²) in [4.78, 5) is 74.7. The van der Waals surface area contributed by atoms with Crippen molar-refractivity contribution in [3.8, 4) is 34.4 Å². The summed E-state index contributed by atoms with van der Waals surface area (Å²) >= 11 is 0. The number of rotatable bonds is 10. The maximum atomic E-state index is 14.2. The van der Waals surface area contributed by atoms with E-state index in [9.17, 15) is 23.6 Å². The van der Waals surface area contributed by atoms with E-state index in [1.54, 1.807) is 22.2 Å². The minimum absolute atomic E-state index is 0.0199. The van der Waals surface area contributed by atoms with Gasteiger partial charge in [0.15, 0.2) is 0 Å². The Balaban J connectivity index is 0.829. The standard InChI is InChI=1S/C51H50FN9O5/c1-66-51(65)58-45(38-12-6-3-7-13-38)49(63)61-28-9-15-43(61)47-54-31-41(56-47)36-24-20-34(21-25-36)17-16-33-18-22-35(23-19-33)40-30-53-46(55-40)42-14-8-27-60(42)48(62)44(37-10-4-2-5-11-37)57-50(64)59-29-26-39(52)32-59/h2-7,10-13,18-25,30-31,39,42-45H,8-9,14-15,26-29,32H2,1H3,(H,53,55)(H,54,56)(H,57,64)(H,58,65)/t39-,42-,43-,44+,45+/m0/s1. The fourth-order valence-electron chi connectivity index (χ4n) is 9.04. The number of methoxy groups -OCH3 is 1. The maximum absolute atomic E-state index is 14.2. The van der Waals surface area contributed by atoms with E-state index < -0.39 is 30.4 Å². The van der Waals surface area contributed by atoms with Crippen LogP contribution >= 0.6 is 0 Å². The Hall–Kier alpha value is -7.73. The molecule has 0 unspecified atom stereocenters. The van der Waals surface area contributed by atoms with Gasteiger partial charge in [-0.3, -0.25) is 9.59 Å². The van der Waals surface area contributed by atoms with Gasteiger partial charge in [-0.15, -0.1) is 0 Å². The van der Waals surface area contributed by atoms with Crippen LogP contribution in [0.4, 0.5) is 14.0 Å². The molecule has 66 heavy (non-hydrogen) atoms. The van der Waals surface area contributed by atoms with E-state index in [0.29, 0.717) is 48.8 Å². The van der Waals surface area contributed by atoms with Gasteiger partial charge in [0.25, 0.3) is 5.91 Å². The molecule has 0 bridgehead atoms. The van der Waals surface area contributed by atoms with Gasteiger partial charge < -0.3 is 40.0 Å². The second-order valence-corrected chi connectivity index (χ2v) is 16.8. The van der Waals surface area contributed by atoms with E-state index in [4.69, 9.17) is 9.72 Å². The summed E-state index contributed by atoms with van der Waals surface area (Å²) in [7, 11) is 1.27. The number of nitrogens with one attached hydrogen (secondary N) is 4. The summed E-state index contributed by atoms with van der Waals surface area (Å²) in [6.45, 7) is 1.40. The zero-order valence-corrected chi connectivity index (χ0v) is 36.5. The van der Waals surface area contributed by atoms with Gasteiger partial charge in [-0.25, -0.2) is 23.9 Å². The number of hydrogen-bond donors (Lipinski definition) is 4. The van der Waals surface area contributed by atoms with Crippen molar-refractivity contribution in [2.45, 2.75) is 62.4 Å². The van der Waals surface area contributed by atoms with E-state index >= 15 is 0 Å². The monoisotopic (exact) mass is 887 g/mol. The lowest BCUT2D eigenvalue weighted by molar-refractivity contribution is -0.135. The van der Waals surface area contributed by atoms with Crippen LogP contribution in [-0.4, -0.2) is 98.0 Å². The molecule has 0 aliphatic carbocycles. The number of amides is 5. The van der Waals surface area contributed by atoms with Crippen LogP contribution < -0.4 is 10.6 Å². The smallest absolute Gasteiger partial charge is 0.407 e. The number of aromatic nitrogens is 4. The van der Waals surface area contributed by atoms with Gasteiger partial charge >= 0.3 is 12.1 Å². The molecule has 15 heteroatoms. The highest BCUT2D eigenvalue weighted by molar-refractivity contribution is 5.89. The molecule has 0 saturated carbocycles. The number of hydrogen-bond acceptors (Lipinski definition) is 7. The summed E-state index contributed by atoms with van der Waals surface area (Å²) in [6.07, 6.45) is 5.15. The van der Waals surface area contributed by atoms with Crippen LogP contribution in [0.2, 0.25) is 0 Å². The van der Waals surface area contributed by atoms with Gasteiger partial charge in [0.1, 0.15) is 29.9 Å². The molecule has 3 aliphatic rings. The van der Waals surface area contributed by atoms with Gasteiger partial charge in [-0.2, -0.15) is 0 Å². The highest BCUT2D eigenvalue weighted by atomic mass is 19.1. The molecule has 3 saturated heterocycles. The lowest BCUT2D eigenvalue weighted by Crippen LogP contribution is -2.47. The number of alkyl carbamates (subject to hydrolysis) is 1. The first-order valence-electron chi connectivity index (χ1n) is 22.3. The molecule has 336 valence electrons. The van der Waals surface area contributed by atoms with Crippen LogP contribution in [-0.2, 0) is 14.3 Å². The number of aromatic amines is 2. The molecule has 0 spiro atoms. The maximum Gasteiger partial charge on any atom is 0.407 e. The highest BCUT2D eigenvalue weighted by Crippen LogP contribution is 2.36. The molecule has 9 rings (SSSR count). The topological polar surface area (TPSA) is 169 Å². The largest absolute Gasteiger partial charge is 0.453 e. The fourth-order valence-corrected chi connectivity index (χ4v) is 9.04. The fraction of sp³-hybridized carbons (Fsp3) is 0.294. The van der Waals surface area contributed by atoms with Crippen molar-refractivity contribution in [3.05, 3.63) is 155 Å². The van der Waals surface area contributed by atoms with Crippen LogP contribution in [0.15, 0.2) is 122 Å². The predicted octanol–water partition coefficient (Wildman–Crippen LogP) is 7.79. The lowest BCUT2D eigenvalue weighted by Gasteiger charge is -2.30. The lowest BCUT2D eigenvalue weighted by atomic mass is 10.0. The van der Waals surface area contributed by atoms with Crippen LogP contribution in [0, 0.1) is 11.8 Å². The summed E-state index contributed by atoms with van der Waals surface area (Å²) in [5, 5.41) is 5.60. The molecule has 5 amide bonds. The number of imidazole rings is 2. The third-order valence-corrected chi connectivity index (χ3v) is 12.5. The molecule has 3 fully saturated rings. The Labute approximate surface area is 382 Å². The average Bonchev–Trinajstić information content (AvgIpc) is 4.23. The first-order chi connectivity index (χ1) is 32.2. The number of ether oxygens (including phenoxy) is 1. The Kier molecular flexibility index (Phi) is 12.9. The molecule has 0 radical (unpaired) electrons. The van der Waals surface area contributed by atoms with Crippen LogP contribution in [0.3, 0.4) is 0 Å². The van der Waals surface area contributed by atoms with Crippen LogP contribution in [0.1, 0.15) is 90.2 Å². The van der Waals surface area contributed by atoms with Crippen molar-refractivity contribution in [2.75, 3.05) is 33.3 Å². The number of H-pyrrole nitrogens is 2. The first-order valence-corrected chi connectivity index (χ1v) is 22.3. The second kappa shape index (κ2) is 19.6. The minimum atomic E-state index is -1.06. The van der Waals surface area contributed by atoms with E-state index in [1.165, 1.54) is 12.0 Å². The number of urea groups is 1. The van der Waals surface area contributed by atoms with Gasteiger partial charge in [-0.05, 0) is 78.6 Å². The molecule has 4 N–H and O–H groups in total. The molecule has 3 aliphatic heterocycles. The number of halogens is 1. The zero-order chi connectivity index (χ0) is 45.6. The van der Waals surface area contributed by atoms with Crippen molar-refractivity contribution in [1.82, 2.24) is 45.3 Å². The number of carbonyl (C=O) groups excluding carboxylic acids is 4. The van der Waals surface area contributed by atoms with Crippen LogP contribution in [0.25, 0.3) is 22.5 Å². The second-order valence-electron chi connectivity index (χ2n) is 16.8. The first kappa shape index (κ1) is 43.5. The third-order valence-electron chi connectivity index (χ3n) is 12.5. The SMILES string of the molecule is COC(=O)N[C@@H](C(=O)N1CCC[C@H]1c1ncc(-c2ccc(C#Cc3ccc(-c4cnc([C@@H]5CCCN5C(=O)[C@H](NC(=O)N5CC[C@H](F)C5)c5ccccc5)[nH]4)cc3)cc2)[nH]1)c1ccccc1. The van der Waals surface area contributed by atoms with Gasteiger partial charge in [0.2, 0.25) is 5.91 Å². The molecule has 4 aromatic carbocycles. The van der Waals surface area contributed by atoms with Gasteiger partial charge in [0, 0.05) is 30.8 Å². The number of benzene rings is 4. The summed E-state index contributed by atoms with van der Waals surface area (Å²) in [5.41, 5.74) is 6.48. The number of nitrogens with zero attached hydrogens (tertiary/aromatic N) is 5. The van der Waals surface area contributed by atoms with Crippen molar-refractivity contribution in [3.63, 3.8) is 0 Å². The Morgan fingerprint density at radius 1 is 0.652 bits per heavy atom.